The molecule has 70 valence electrons. The molecule has 1 rings (SSSR count). The Morgan fingerprint density at radius 1 is 1.77 bits per heavy atom. The maximum atomic E-state index is 10.5. The van der Waals surface area contributed by atoms with Gasteiger partial charge in [0.2, 0.25) is 0 Å². The molecule has 0 aliphatic carbocycles. The van der Waals surface area contributed by atoms with Crippen molar-refractivity contribution in [2.75, 3.05) is 5.01 Å². The molecule has 0 saturated carbocycles. The van der Waals surface area contributed by atoms with Crippen LogP contribution in [0.3, 0.4) is 0 Å². The summed E-state index contributed by atoms with van der Waals surface area (Å²) in [6.07, 6.45) is 0.142. The van der Waals surface area contributed by atoms with Crippen LogP contribution < -0.4 is 10.9 Å². The van der Waals surface area contributed by atoms with Gasteiger partial charge >= 0.3 is 6.09 Å². The van der Waals surface area contributed by atoms with Crippen LogP contribution in [0.25, 0.3) is 0 Å². The molecular weight excluding hydrogens is 261 g/mol. The van der Waals surface area contributed by atoms with Crippen molar-refractivity contribution in [3.8, 4) is 0 Å². The lowest BCUT2D eigenvalue weighted by atomic mass is 10.4. The highest BCUT2D eigenvalue weighted by atomic mass is 79.9. The lowest BCUT2D eigenvalue weighted by Crippen LogP contribution is -2.36. The van der Waals surface area contributed by atoms with Crippen molar-refractivity contribution in [1.82, 2.24) is 4.98 Å². The highest BCUT2D eigenvalue weighted by molar-refractivity contribution is 9.10. The van der Waals surface area contributed by atoms with Gasteiger partial charge in [0, 0.05) is 10.7 Å². The van der Waals surface area contributed by atoms with Crippen LogP contribution in [0.2, 0.25) is 5.15 Å². The number of halogens is 2. The first-order chi connectivity index (χ1) is 6.02. The van der Waals surface area contributed by atoms with Crippen molar-refractivity contribution in [2.45, 2.75) is 0 Å². The third kappa shape index (κ3) is 2.30. The molecule has 3 N–H and O–H groups in total. The highest BCUT2D eigenvalue weighted by Gasteiger charge is 2.14. The monoisotopic (exact) mass is 265 g/mol. The first-order valence-corrected chi connectivity index (χ1v) is 4.28. The van der Waals surface area contributed by atoms with Gasteiger partial charge in [-0.3, -0.25) is 0 Å². The minimum atomic E-state index is -1.30. The fraction of sp³-hybridized carbons (Fsp3) is 0. The number of aromatic nitrogens is 1. The molecule has 1 heterocycles. The van der Waals surface area contributed by atoms with Gasteiger partial charge in [0.05, 0.1) is 0 Å². The van der Waals surface area contributed by atoms with Gasteiger partial charge in [-0.2, -0.15) is 0 Å². The van der Waals surface area contributed by atoms with Gasteiger partial charge in [0.15, 0.2) is 5.15 Å². The van der Waals surface area contributed by atoms with Crippen LogP contribution in [0, 0.1) is 0 Å². The SMILES string of the molecule is NN(C(=O)O)c1cc(Br)cnc1Cl. The van der Waals surface area contributed by atoms with E-state index in [1.165, 1.54) is 12.3 Å². The first kappa shape index (κ1) is 10.2. The summed E-state index contributed by atoms with van der Waals surface area (Å²) < 4.78 is 0.601. The van der Waals surface area contributed by atoms with E-state index in [0.717, 1.165) is 0 Å². The normalized spacial score (nSPS) is 9.77. The Labute approximate surface area is 87.2 Å². The van der Waals surface area contributed by atoms with Crippen molar-refractivity contribution in [2.24, 2.45) is 5.84 Å². The van der Waals surface area contributed by atoms with E-state index in [1.54, 1.807) is 0 Å². The Bertz CT molecular complexity index is 347. The quantitative estimate of drug-likeness (QED) is 0.352. The maximum Gasteiger partial charge on any atom is 0.426 e. The van der Waals surface area contributed by atoms with Crippen molar-refractivity contribution in [1.29, 1.82) is 0 Å². The number of hydrogen-bond acceptors (Lipinski definition) is 3. The molecule has 13 heavy (non-hydrogen) atoms. The molecule has 1 aromatic heterocycles. The molecule has 7 heteroatoms. The topological polar surface area (TPSA) is 79.5 Å². The molecular formula is C6H5BrClN3O2. The van der Waals surface area contributed by atoms with Crippen molar-refractivity contribution >= 4 is 39.3 Å². The van der Waals surface area contributed by atoms with E-state index in [9.17, 15) is 4.79 Å². The van der Waals surface area contributed by atoms with Crippen LogP contribution in [-0.2, 0) is 0 Å². The molecule has 1 aromatic rings. The van der Waals surface area contributed by atoms with Gasteiger partial charge in [0.1, 0.15) is 5.69 Å². The Morgan fingerprint density at radius 2 is 2.38 bits per heavy atom. The summed E-state index contributed by atoms with van der Waals surface area (Å²) in [5, 5.41) is 9.09. The van der Waals surface area contributed by atoms with Crippen LogP contribution >= 0.6 is 27.5 Å². The van der Waals surface area contributed by atoms with E-state index in [2.05, 4.69) is 20.9 Å². The number of carbonyl (C=O) groups is 1. The number of nitrogens with two attached hydrogens (primary N) is 1. The van der Waals surface area contributed by atoms with Gasteiger partial charge < -0.3 is 5.11 Å². The molecule has 0 bridgehead atoms. The number of nitrogens with zero attached hydrogens (tertiary/aromatic N) is 2. The van der Waals surface area contributed by atoms with Crippen molar-refractivity contribution < 1.29 is 9.90 Å². The molecule has 5 nitrogen and oxygen atoms in total. The van der Waals surface area contributed by atoms with Gasteiger partial charge in [-0.05, 0) is 22.0 Å². The summed E-state index contributed by atoms with van der Waals surface area (Å²) in [6, 6.07) is 1.46. The van der Waals surface area contributed by atoms with Gasteiger partial charge in [0.25, 0.3) is 0 Å². The highest BCUT2D eigenvalue weighted by Crippen LogP contribution is 2.24. The third-order valence-corrected chi connectivity index (χ3v) is 1.98. The lowest BCUT2D eigenvalue weighted by Gasteiger charge is -2.13. The van der Waals surface area contributed by atoms with Crippen LogP contribution in [0.4, 0.5) is 10.5 Å². The Balaban J connectivity index is 3.12. The molecule has 0 saturated heterocycles. The van der Waals surface area contributed by atoms with E-state index >= 15 is 0 Å². The second-order valence-corrected chi connectivity index (χ2v) is 3.39. The Hall–Kier alpha value is -0.850. The standard InChI is InChI=1S/C6H5BrClN3O2/c7-3-1-4(5(8)10-2-3)11(9)6(12)13/h1-2H,9H2,(H,12,13). The van der Waals surface area contributed by atoms with Crippen LogP contribution in [-0.4, -0.2) is 16.2 Å². The summed E-state index contributed by atoms with van der Waals surface area (Å²) in [5.74, 6) is 5.20. The van der Waals surface area contributed by atoms with Gasteiger partial charge in [-0.1, -0.05) is 11.6 Å². The fourth-order valence-corrected chi connectivity index (χ4v) is 1.20. The molecule has 0 radical (unpaired) electrons. The zero-order valence-corrected chi connectivity index (χ0v) is 8.58. The summed E-state index contributed by atoms with van der Waals surface area (Å²) in [6.45, 7) is 0. The largest absolute Gasteiger partial charge is 0.464 e. The second-order valence-electron chi connectivity index (χ2n) is 2.12. The average Bonchev–Trinajstić information content (AvgIpc) is 2.08. The molecule has 0 aliphatic heterocycles. The van der Waals surface area contributed by atoms with Crippen LogP contribution in [0.5, 0.6) is 0 Å². The van der Waals surface area contributed by atoms with E-state index in [-0.39, 0.29) is 10.8 Å². The minimum Gasteiger partial charge on any atom is -0.464 e. The number of hydrazine groups is 1. The van der Waals surface area contributed by atoms with E-state index in [1.807, 2.05) is 0 Å². The maximum absolute atomic E-state index is 10.5. The number of rotatable bonds is 1. The Kier molecular flexibility index (Phi) is 3.07. The van der Waals surface area contributed by atoms with Crippen LogP contribution in [0.15, 0.2) is 16.7 Å². The second kappa shape index (κ2) is 3.91. The fourth-order valence-electron chi connectivity index (χ4n) is 0.684. The number of amides is 1. The molecule has 0 aliphatic rings. The van der Waals surface area contributed by atoms with Gasteiger partial charge in [-0.15, -0.1) is 0 Å². The van der Waals surface area contributed by atoms with E-state index in [0.29, 0.717) is 9.48 Å². The molecule has 0 unspecified atom stereocenters. The first-order valence-electron chi connectivity index (χ1n) is 3.11. The predicted octanol–water partition coefficient (Wildman–Crippen LogP) is 1.86. The van der Waals surface area contributed by atoms with E-state index in [4.69, 9.17) is 22.6 Å². The third-order valence-electron chi connectivity index (χ3n) is 1.25. The molecule has 1 amide bonds. The molecule has 0 fully saturated rings. The number of pyridine rings is 1. The summed E-state index contributed by atoms with van der Waals surface area (Å²) in [4.78, 5) is 14.2. The predicted molar refractivity (Wildman–Crippen MR) is 51.6 cm³/mol. The molecule has 0 spiro atoms. The lowest BCUT2D eigenvalue weighted by molar-refractivity contribution is 0.202. The van der Waals surface area contributed by atoms with Crippen molar-refractivity contribution in [3.05, 3.63) is 21.9 Å². The average molecular weight is 266 g/mol. The smallest absolute Gasteiger partial charge is 0.426 e. The molecule has 0 aromatic carbocycles. The zero-order valence-electron chi connectivity index (χ0n) is 6.24. The minimum absolute atomic E-state index is 0.0353. The zero-order chi connectivity index (χ0) is 10.0. The summed E-state index contributed by atoms with van der Waals surface area (Å²) >= 11 is 8.74. The summed E-state index contributed by atoms with van der Waals surface area (Å²) in [5.41, 5.74) is 0.128. The van der Waals surface area contributed by atoms with Crippen molar-refractivity contribution in [3.63, 3.8) is 0 Å². The van der Waals surface area contributed by atoms with Crippen LogP contribution in [0.1, 0.15) is 0 Å². The number of carboxylic acid groups (broad SMARTS) is 1. The summed E-state index contributed by atoms with van der Waals surface area (Å²) in [7, 11) is 0. The number of hydrogen-bond donors (Lipinski definition) is 2. The molecule has 0 atom stereocenters. The van der Waals surface area contributed by atoms with Gasteiger partial charge in [-0.25, -0.2) is 20.6 Å². The van der Waals surface area contributed by atoms with E-state index < -0.39 is 6.09 Å². The number of anilines is 1. The Morgan fingerprint density at radius 3 is 2.92 bits per heavy atom.